The minimum absolute atomic E-state index is 0.145. The molecule has 1 unspecified atom stereocenters. The number of nitrogens with one attached hydrogen (secondary N) is 1. The zero-order valence-electron chi connectivity index (χ0n) is 13.0. The minimum Gasteiger partial charge on any atom is -0.352 e. The molecule has 0 spiro atoms. The summed E-state index contributed by atoms with van der Waals surface area (Å²) in [5, 5.41) is 26.7. The minimum atomic E-state index is -0.828. The number of allylic oxidation sites excluding steroid dienone is 3. The Balaban J connectivity index is 2.80. The first kappa shape index (κ1) is 17.3. The fraction of sp³-hybridized carbons (Fsp3) is 0.176. The molecule has 0 radical (unpaired) electrons. The van der Waals surface area contributed by atoms with Crippen LogP contribution in [0.2, 0.25) is 0 Å². The summed E-state index contributed by atoms with van der Waals surface area (Å²) in [4.78, 5) is 23.0. The van der Waals surface area contributed by atoms with Gasteiger partial charge in [0.1, 0.15) is 0 Å². The van der Waals surface area contributed by atoms with Crippen molar-refractivity contribution in [1.82, 2.24) is 5.32 Å². The molecule has 0 aliphatic carbocycles. The number of nitro benzene ring substituents is 1. The summed E-state index contributed by atoms with van der Waals surface area (Å²) in [5.41, 5.74) is 1.20. The molecule has 0 saturated heterocycles. The number of dihydropyridines is 1. The van der Waals surface area contributed by atoms with Gasteiger partial charge in [0, 0.05) is 22.9 Å². The Labute approximate surface area is 143 Å². The molecule has 1 N–H and O–H groups in total. The molecule has 1 aliphatic rings. The highest BCUT2D eigenvalue weighted by Crippen LogP contribution is 2.43. The van der Waals surface area contributed by atoms with Gasteiger partial charge >= 0.3 is 0 Å². The van der Waals surface area contributed by atoms with Crippen molar-refractivity contribution in [1.29, 1.82) is 5.26 Å². The summed E-state index contributed by atoms with van der Waals surface area (Å²) < 4.78 is 0. The van der Waals surface area contributed by atoms with Crippen molar-refractivity contribution < 1.29 is 9.72 Å². The number of rotatable bonds is 4. The SMILES string of the molecule is C#CSC1=C(C#N)C(c2ccccc2[N+](=O)[O-])C(C(C)=O)=C(C)N1. The van der Waals surface area contributed by atoms with Gasteiger partial charge in [-0.1, -0.05) is 18.2 Å². The highest BCUT2D eigenvalue weighted by atomic mass is 32.2. The monoisotopic (exact) mass is 339 g/mol. The Kier molecular flexibility index (Phi) is 5.08. The summed E-state index contributed by atoms with van der Waals surface area (Å²) in [6, 6.07) is 8.14. The highest BCUT2D eigenvalue weighted by molar-refractivity contribution is 8.07. The van der Waals surface area contributed by atoms with Gasteiger partial charge in [-0.3, -0.25) is 14.9 Å². The third-order valence-corrected chi connectivity index (χ3v) is 4.28. The molecule has 2 rings (SSSR count). The number of carbonyl (C=O) groups excluding carboxylic acids is 1. The van der Waals surface area contributed by atoms with E-state index in [0.717, 1.165) is 11.8 Å². The summed E-state index contributed by atoms with van der Waals surface area (Å²) >= 11 is 0.974. The van der Waals surface area contributed by atoms with E-state index >= 15 is 0 Å². The fourth-order valence-electron chi connectivity index (χ4n) is 2.73. The van der Waals surface area contributed by atoms with E-state index in [1.165, 1.54) is 13.0 Å². The molecule has 0 fully saturated rings. The quantitative estimate of drug-likeness (QED) is 0.514. The summed E-state index contributed by atoms with van der Waals surface area (Å²) in [7, 11) is 0. The smallest absolute Gasteiger partial charge is 0.273 e. The molecular weight excluding hydrogens is 326 g/mol. The summed E-state index contributed by atoms with van der Waals surface area (Å²) in [6.45, 7) is 3.06. The second-order valence-corrected chi connectivity index (χ2v) is 5.89. The molecule has 1 heterocycles. The van der Waals surface area contributed by atoms with Crippen LogP contribution in [0.4, 0.5) is 5.69 Å². The number of benzene rings is 1. The Morgan fingerprint density at radius 1 is 1.46 bits per heavy atom. The third kappa shape index (κ3) is 3.03. The Hall–Kier alpha value is -3.03. The van der Waals surface area contributed by atoms with Crippen LogP contribution in [-0.4, -0.2) is 10.7 Å². The molecule has 0 saturated carbocycles. The van der Waals surface area contributed by atoms with E-state index in [2.05, 4.69) is 16.6 Å². The maximum atomic E-state index is 12.2. The normalized spacial score (nSPS) is 16.9. The van der Waals surface area contributed by atoms with E-state index in [-0.39, 0.29) is 17.0 Å². The number of thioether (sulfide) groups is 1. The molecule has 1 aromatic carbocycles. The van der Waals surface area contributed by atoms with Gasteiger partial charge in [-0.25, -0.2) is 0 Å². The number of hydrogen-bond donors (Lipinski definition) is 1. The van der Waals surface area contributed by atoms with E-state index in [1.807, 2.05) is 0 Å². The second kappa shape index (κ2) is 7.03. The molecule has 1 aromatic rings. The number of carbonyl (C=O) groups is 1. The van der Waals surface area contributed by atoms with Crippen LogP contribution in [0.15, 0.2) is 46.1 Å². The number of hydrogen-bond acceptors (Lipinski definition) is 6. The van der Waals surface area contributed by atoms with Crippen molar-refractivity contribution in [3.63, 3.8) is 0 Å². The summed E-state index contributed by atoms with van der Waals surface area (Å²) in [6.07, 6.45) is 5.32. The van der Waals surface area contributed by atoms with Gasteiger partial charge in [0.2, 0.25) is 0 Å². The van der Waals surface area contributed by atoms with Crippen molar-refractivity contribution in [3.8, 4) is 17.7 Å². The van der Waals surface area contributed by atoms with Crippen LogP contribution in [0, 0.1) is 33.1 Å². The van der Waals surface area contributed by atoms with Crippen LogP contribution in [-0.2, 0) is 4.79 Å². The number of nitro groups is 1. The molecule has 0 aromatic heterocycles. The van der Waals surface area contributed by atoms with Gasteiger partial charge in [0.15, 0.2) is 5.78 Å². The molecule has 7 heteroatoms. The highest BCUT2D eigenvalue weighted by Gasteiger charge is 2.36. The van der Waals surface area contributed by atoms with Crippen molar-refractivity contribution in [2.75, 3.05) is 0 Å². The lowest BCUT2D eigenvalue weighted by Crippen LogP contribution is -2.27. The van der Waals surface area contributed by atoms with Crippen LogP contribution in [0.1, 0.15) is 25.3 Å². The van der Waals surface area contributed by atoms with Crippen molar-refractivity contribution in [2.45, 2.75) is 19.8 Å². The number of para-hydroxylation sites is 1. The first-order valence-corrected chi connectivity index (χ1v) is 7.72. The first-order chi connectivity index (χ1) is 11.4. The average Bonchev–Trinajstić information content (AvgIpc) is 2.54. The van der Waals surface area contributed by atoms with Crippen molar-refractivity contribution in [3.05, 3.63) is 61.8 Å². The average molecular weight is 339 g/mol. The Morgan fingerprint density at radius 2 is 2.12 bits per heavy atom. The van der Waals surface area contributed by atoms with Crippen LogP contribution < -0.4 is 5.32 Å². The van der Waals surface area contributed by atoms with Crippen LogP contribution in [0.5, 0.6) is 0 Å². The predicted octanol–water partition coefficient (Wildman–Crippen LogP) is 3.20. The van der Waals surface area contributed by atoms with E-state index in [0.29, 0.717) is 21.9 Å². The van der Waals surface area contributed by atoms with E-state index in [1.54, 1.807) is 25.1 Å². The number of ketones is 1. The van der Waals surface area contributed by atoms with Crippen LogP contribution in [0.25, 0.3) is 0 Å². The molecule has 1 aliphatic heterocycles. The van der Waals surface area contributed by atoms with Gasteiger partial charge in [0.25, 0.3) is 5.69 Å². The predicted molar refractivity (Wildman–Crippen MR) is 91.4 cm³/mol. The number of Topliss-reactive ketones (excluding diaryl/α,β-unsaturated/α-hetero) is 1. The van der Waals surface area contributed by atoms with Gasteiger partial charge in [0.05, 0.1) is 27.5 Å². The Bertz CT molecular complexity index is 872. The van der Waals surface area contributed by atoms with E-state index < -0.39 is 10.8 Å². The molecule has 0 bridgehead atoms. The van der Waals surface area contributed by atoms with Crippen LogP contribution >= 0.6 is 11.8 Å². The third-order valence-electron chi connectivity index (χ3n) is 3.63. The fourth-order valence-corrected chi connectivity index (χ4v) is 3.32. The van der Waals surface area contributed by atoms with Crippen LogP contribution in [0.3, 0.4) is 0 Å². The Morgan fingerprint density at radius 3 is 2.67 bits per heavy atom. The first-order valence-electron chi connectivity index (χ1n) is 6.91. The van der Waals surface area contributed by atoms with Gasteiger partial charge in [-0.2, -0.15) is 5.26 Å². The molecule has 6 nitrogen and oxygen atoms in total. The van der Waals surface area contributed by atoms with Crippen molar-refractivity contribution >= 4 is 23.2 Å². The van der Waals surface area contributed by atoms with Gasteiger partial charge in [-0.05, 0) is 30.9 Å². The summed E-state index contributed by atoms with van der Waals surface area (Å²) in [5.74, 6) is -1.09. The molecule has 0 amide bonds. The number of nitriles is 1. The van der Waals surface area contributed by atoms with E-state index in [4.69, 9.17) is 6.42 Å². The molecule has 120 valence electrons. The second-order valence-electron chi connectivity index (χ2n) is 5.04. The van der Waals surface area contributed by atoms with Gasteiger partial charge in [-0.15, -0.1) is 6.42 Å². The van der Waals surface area contributed by atoms with Crippen molar-refractivity contribution in [2.24, 2.45) is 0 Å². The standard InChI is InChI=1S/C17H13N3O3S/c1-4-24-17-13(9-18)16(15(11(3)21)10(2)19-17)12-7-5-6-8-14(12)20(22)23/h1,5-8,16,19H,2-3H3. The largest absolute Gasteiger partial charge is 0.352 e. The lowest BCUT2D eigenvalue weighted by atomic mass is 9.80. The molecular formula is C17H13N3O3S. The lowest BCUT2D eigenvalue weighted by Gasteiger charge is -2.28. The zero-order valence-corrected chi connectivity index (χ0v) is 13.8. The van der Waals surface area contributed by atoms with Gasteiger partial charge < -0.3 is 5.32 Å². The van der Waals surface area contributed by atoms with E-state index in [9.17, 15) is 20.2 Å². The maximum absolute atomic E-state index is 12.2. The number of terminal acetylenes is 1. The molecule has 24 heavy (non-hydrogen) atoms. The lowest BCUT2D eigenvalue weighted by molar-refractivity contribution is -0.385. The number of nitrogens with zero attached hydrogens (tertiary/aromatic N) is 2. The maximum Gasteiger partial charge on any atom is 0.273 e. The topological polar surface area (TPSA) is 96.0 Å². The zero-order chi connectivity index (χ0) is 17.9. The molecule has 1 atom stereocenters.